The van der Waals surface area contributed by atoms with Gasteiger partial charge in [0.05, 0.1) is 12.1 Å². The maximum Gasteiger partial charge on any atom is 0.246 e. The highest BCUT2D eigenvalue weighted by molar-refractivity contribution is 5.94. The van der Waals surface area contributed by atoms with E-state index in [0.717, 1.165) is 12.0 Å². The number of likely N-dealkylation sites (N-methyl/N-ethyl adjacent to an activating group) is 1. The molecule has 8 nitrogen and oxygen atoms in total. The van der Waals surface area contributed by atoms with E-state index in [1.807, 2.05) is 58.0 Å². The fraction of sp³-hybridized carbons (Fsp3) is 0.625. The van der Waals surface area contributed by atoms with Gasteiger partial charge in [-0.25, -0.2) is 0 Å². The molecule has 0 saturated carbocycles. The zero-order valence-electron chi connectivity index (χ0n) is 20.1. The van der Waals surface area contributed by atoms with E-state index in [2.05, 4.69) is 16.0 Å². The summed E-state index contributed by atoms with van der Waals surface area (Å²) in [4.78, 5) is 40.9. The van der Waals surface area contributed by atoms with Crippen molar-refractivity contribution in [1.29, 1.82) is 0 Å². The molecule has 1 heterocycles. The van der Waals surface area contributed by atoms with Crippen molar-refractivity contribution in [2.45, 2.75) is 77.7 Å². The normalized spacial score (nSPS) is 21.5. The van der Waals surface area contributed by atoms with E-state index in [-0.39, 0.29) is 36.3 Å². The molecule has 1 saturated heterocycles. The van der Waals surface area contributed by atoms with E-state index in [9.17, 15) is 14.4 Å². The van der Waals surface area contributed by atoms with Crippen molar-refractivity contribution in [3.05, 3.63) is 35.9 Å². The Kier molecular flexibility index (Phi) is 8.81. The van der Waals surface area contributed by atoms with Crippen molar-refractivity contribution < 1.29 is 14.4 Å². The molecule has 1 aliphatic rings. The molecule has 0 bridgehead atoms. The minimum Gasteiger partial charge on any atom is -0.348 e. The van der Waals surface area contributed by atoms with Crippen LogP contribution in [0.2, 0.25) is 0 Å². The minimum atomic E-state index is -0.775. The molecule has 0 radical (unpaired) electrons. The molecule has 2 unspecified atom stereocenters. The van der Waals surface area contributed by atoms with Crippen LogP contribution in [-0.4, -0.2) is 60.4 Å². The largest absolute Gasteiger partial charge is 0.348 e. The number of nitrogens with zero attached hydrogens (tertiary/aromatic N) is 1. The zero-order chi connectivity index (χ0) is 24.1. The Balaban J connectivity index is 2.22. The Hall–Kier alpha value is -2.45. The first-order valence-corrected chi connectivity index (χ1v) is 11.4. The topological polar surface area (TPSA) is 117 Å². The summed E-state index contributed by atoms with van der Waals surface area (Å²) in [5.74, 6) is -0.764. The van der Waals surface area contributed by atoms with Gasteiger partial charge in [0.2, 0.25) is 17.7 Å². The number of nitrogens with one attached hydrogen (secondary N) is 3. The summed E-state index contributed by atoms with van der Waals surface area (Å²) in [7, 11) is 1.69. The van der Waals surface area contributed by atoms with Crippen LogP contribution in [0, 0.1) is 5.41 Å². The Labute approximate surface area is 191 Å². The molecule has 8 heteroatoms. The number of carbonyl (C=O) groups excluding carboxylic acids is 3. The van der Waals surface area contributed by atoms with Crippen LogP contribution in [0.4, 0.5) is 0 Å². The van der Waals surface area contributed by atoms with Gasteiger partial charge < -0.3 is 26.6 Å². The quantitative estimate of drug-likeness (QED) is 0.482. The number of likely N-dealkylation sites (tertiary alicyclic amines) is 1. The van der Waals surface area contributed by atoms with E-state index in [0.29, 0.717) is 6.42 Å². The first kappa shape index (κ1) is 25.8. The summed E-state index contributed by atoms with van der Waals surface area (Å²) in [6.07, 6.45) is 1.12. The minimum absolute atomic E-state index is 0.146. The van der Waals surface area contributed by atoms with Crippen molar-refractivity contribution in [2.24, 2.45) is 11.1 Å². The second-order valence-electron chi connectivity index (χ2n) is 9.70. The average Bonchev–Trinajstić information content (AvgIpc) is 3.16. The van der Waals surface area contributed by atoms with Crippen LogP contribution in [0.15, 0.2) is 30.3 Å². The van der Waals surface area contributed by atoms with E-state index < -0.39 is 23.5 Å². The lowest BCUT2D eigenvalue weighted by molar-refractivity contribution is -0.144. The van der Waals surface area contributed by atoms with Gasteiger partial charge in [-0.3, -0.25) is 14.4 Å². The highest BCUT2D eigenvalue weighted by Gasteiger charge is 2.44. The Morgan fingerprint density at radius 2 is 1.78 bits per heavy atom. The van der Waals surface area contributed by atoms with Gasteiger partial charge in [0.1, 0.15) is 12.1 Å². The molecule has 2 rings (SSSR count). The lowest BCUT2D eigenvalue weighted by Crippen LogP contribution is -2.59. The third kappa shape index (κ3) is 6.29. The predicted octanol–water partition coefficient (Wildman–Crippen LogP) is 1.32. The molecule has 178 valence electrons. The Morgan fingerprint density at radius 3 is 2.31 bits per heavy atom. The molecule has 1 aromatic carbocycles. The van der Waals surface area contributed by atoms with Gasteiger partial charge in [0.25, 0.3) is 0 Å². The van der Waals surface area contributed by atoms with E-state index >= 15 is 0 Å². The number of hydrogen-bond acceptors (Lipinski definition) is 5. The van der Waals surface area contributed by atoms with Gasteiger partial charge in [-0.2, -0.15) is 0 Å². The van der Waals surface area contributed by atoms with Crippen molar-refractivity contribution in [3.63, 3.8) is 0 Å². The van der Waals surface area contributed by atoms with E-state index in [1.54, 1.807) is 14.0 Å². The maximum absolute atomic E-state index is 13.6. The molecule has 5 N–H and O–H groups in total. The molecule has 1 aromatic rings. The smallest absolute Gasteiger partial charge is 0.246 e. The molecular formula is C24H39N5O3. The lowest BCUT2D eigenvalue weighted by atomic mass is 9.85. The van der Waals surface area contributed by atoms with Crippen LogP contribution < -0.4 is 21.7 Å². The summed E-state index contributed by atoms with van der Waals surface area (Å²) in [6.45, 7) is 9.71. The summed E-state index contributed by atoms with van der Waals surface area (Å²) < 4.78 is 0. The molecule has 1 aliphatic heterocycles. The fourth-order valence-electron chi connectivity index (χ4n) is 3.95. The van der Waals surface area contributed by atoms with Gasteiger partial charge in [-0.05, 0) is 37.8 Å². The third-order valence-corrected chi connectivity index (χ3v) is 6.07. The number of benzene rings is 1. The monoisotopic (exact) mass is 445 g/mol. The second kappa shape index (κ2) is 10.9. The molecule has 0 aliphatic carbocycles. The van der Waals surface area contributed by atoms with Gasteiger partial charge in [-0.1, -0.05) is 58.0 Å². The van der Waals surface area contributed by atoms with E-state index in [1.165, 1.54) is 4.90 Å². The summed E-state index contributed by atoms with van der Waals surface area (Å²) >= 11 is 0. The van der Waals surface area contributed by atoms with Crippen molar-refractivity contribution in [3.8, 4) is 0 Å². The molecule has 5 atom stereocenters. The molecule has 3 amide bonds. The van der Waals surface area contributed by atoms with Crippen LogP contribution >= 0.6 is 0 Å². The average molecular weight is 446 g/mol. The molecular weight excluding hydrogens is 406 g/mol. The number of hydrogen-bond donors (Lipinski definition) is 4. The first-order valence-electron chi connectivity index (χ1n) is 11.4. The van der Waals surface area contributed by atoms with Gasteiger partial charge in [0.15, 0.2) is 0 Å². The van der Waals surface area contributed by atoms with Gasteiger partial charge in [0, 0.05) is 12.6 Å². The molecule has 1 fully saturated rings. The SMILES string of the molecule is CCC(NC(=O)[C@@H]1C[C@H](N)CN1C(=O)C(NC(=O)[C@H](C)NC)C(C)(C)C)c1ccccc1. The standard InChI is InChI=1S/C24H39N5O3/c1-7-18(16-11-9-8-10-12-16)27-22(31)19-13-17(25)14-29(19)23(32)20(24(3,4)5)28-21(30)15(2)26-6/h8-12,15,17-20,26H,7,13-14,25H2,1-6H3,(H,27,31)(H,28,30)/t15-,17-,18?,19-,20?/m0/s1. The molecule has 32 heavy (non-hydrogen) atoms. The van der Waals surface area contributed by atoms with Crippen molar-refractivity contribution in [2.75, 3.05) is 13.6 Å². The second-order valence-corrected chi connectivity index (χ2v) is 9.70. The van der Waals surface area contributed by atoms with Crippen LogP contribution in [-0.2, 0) is 14.4 Å². The van der Waals surface area contributed by atoms with Crippen LogP contribution in [0.3, 0.4) is 0 Å². The highest BCUT2D eigenvalue weighted by Crippen LogP contribution is 2.26. The summed E-state index contributed by atoms with van der Waals surface area (Å²) in [6, 6.07) is 7.45. The van der Waals surface area contributed by atoms with Gasteiger partial charge in [-0.15, -0.1) is 0 Å². The number of nitrogens with two attached hydrogens (primary N) is 1. The molecule has 0 aromatic heterocycles. The Bertz CT molecular complexity index is 793. The van der Waals surface area contributed by atoms with Crippen LogP contribution in [0.25, 0.3) is 0 Å². The number of amides is 3. The Morgan fingerprint density at radius 1 is 1.16 bits per heavy atom. The molecule has 0 spiro atoms. The third-order valence-electron chi connectivity index (χ3n) is 6.07. The summed E-state index contributed by atoms with van der Waals surface area (Å²) in [5.41, 5.74) is 6.65. The lowest BCUT2D eigenvalue weighted by Gasteiger charge is -2.36. The van der Waals surface area contributed by atoms with Crippen LogP contribution in [0.5, 0.6) is 0 Å². The highest BCUT2D eigenvalue weighted by atomic mass is 16.2. The number of carbonyl (C=O) groups is 3. The maximum atomic E-state index is 13.6. The first-order chi connectivity index (χ1) is 15.0. The van der Waals surface area contributed by atoms with Crippen molar-refractivity contribution in [1.82, 2.24) is 20.9 Å². The predicted molar refractivity (Wildman–Crippen MR) is 126 cm³/mol. The zero-order valence-corrected chi connectivity index (χ0v) is 20.1. The summed E-state index contributed by atoms with van der Waals surface area (Å²) in [5, 5.41) is 8.85. The van der Waals surface area contributed by atoms with E-state index in [4.69, 9.17) is 5.73 Å². The van der Waals surface area contributed by atoms with Gasteiger partial charge >= 0.3 is 0 Å². The van der Waals surface area contributed by atoms with Crippen molar-refractivity contribution >= 4 is 17.7 Å². The number of rotatable bonds is 8. The fourth-order valence-corrected chi connectivity index (χ4v) is 3.95. The van der Waals surface area contributed by atoms with Crippen LogP contribution in [0.1, 0.15) is 59.1 Å².